The lowest BCUT2D eigenvalue weighted by Crippen LogP contribution is -2.25. The van der Waals surface area contributed by atoms with Crippen molar-refractivity contribution in [2.24, 2.45) is 5.73 Å². The molecule has 0 radical (unpaired) electrons. The minimum Gasteiger partial charge on any atom is -0.352 e. The molecule has 3 rings (SSSR count). The van der Waals surface area contributed by atoms with Crippen molar-refractivity contribution in [1.82, 2.24) is 5.32 Å². The predicted molar refractivity (Wildman–Crippen MR) is 93.5 cm³/mol. The molecule has 120 valence electrons. The molecule has 2 aromatic rings. The first kappa shape index (κ1) is 15.8. The van der Waals surface area contributed by atoms with Crippen LogP contribution < -0.4 is 11.1 Å². The largest absolute Gasteiger partial charge is 0.352 e. The Hall–Kier alpha value is -2.13. The fourth-order valence-corrected chi connectivity index (χ4v) is 3.35. The van der Waals surface area contributed by atoms with Gasteiger partial charge in [-0.05, 0) is 60.9 Å². The quantitative estimate of drug-likeness (QED) is 0.887. The van der Waals surface area contributed by atoms with Gasteiger partial charge in [0.05, 0.1) is 0 Å². The summed E-state index contributed by atoms with van der Waals surface area (Å²) in [4.78, 5) is 12.2. The Labute approximate surface area is 137 Å². The van der Waals surface area contributed by atoms with Crippen molar-refractivity contribution in [3.63, 3.8) is 0 Å². The van der Waals surface area contributed by atoms with Crippen molar-refractivity contribution in [2.75, 3.05) is 6.54 Å². The highest BCUT2D eigenvalue weighted by Crippen LogP contribution is 2.34. The number of amides is 1. The highest BCUT2D eigenvalue weighted by Gasteiger charge is 2.21. The normalized spacial score (nSPS) is 17.6. The van der Waals surface area contributed by atoms with Crippen LogP contribution in [0.5, 0.6) is 0 Å². The second-order valence-electron chi connectivity index (χ2n) is 6.39. The van der Waals surface area contributed by atoms with Crippen LogP contribution in [0.15, 0.2) is 48.5 Å². The summed E-state index contributed by atoms with van der Waals surface area (Å²) < 4.78 is 0. The molecule has 0 heterocycles. The molecule has 2 atom stereocenters. The number of nitrogens with two attached hydrogens (primary N) is 1. The topological polar surface area (TPSA) is 55.1 Å². The van der Waals surface area contributed by atoms with Gasteiger partial charge >= 0.3 is 0 Å². The van der Waals surface area contributed by atoms with Gasteiger partial charge in [0.25, 0.3) is 5.91 Å². The number of hydrogen-bond acceptors (Lipinski definition) is 2. The fraction of sp³-hybridized carbons (Fsp3) is 0.350. The van der Waals surface area contributed by atoms with Crippen molar-refractivity contribution in [2.45, 2.75) is 38.1 Å². The molecule has 0 saturated carbocycles. The second-order valence-corrected chi connectivity index (χ2v) is 6.39. The van der Waals surface area contributed by atoms with E-state index < -0.39 is 0 Å². The summed E-state index contributed by atoms with van der Waals surface area (Å²) in [5.74, 6) is 0.569. The SMILES string of the molecule is C[C@@H](N)c1ccc(C(=O)NCCC2CCc3ccccc32)cc1. The zero-order chi connectivity index (χ0) is 16.2. The first-order chi connectivity index (χ1) is 11.1. The maximum atomic E-state index is 12.2. The zero-order valence-corrected chi connectivity index (χ0v) is 13.6. The molecule has 1 unspecified atom stereocenters. The van der Waals surface area contributed by atoms with Gasteiger partial charge in [-0.3, -0.25) is 4.79 Å². The molecule has 1 aliphatic rings. The van der Waals surface area contributed by atoms with Gasteiger partial charge in [0, 0.05) is 18.2 Å². The van der Waals surface area contributed by atoms with E-state index in [0.29, 0.717) is 18.0 Å². The molecule has 0 spiro atoms. The van der Waals surface area contributed by atoms with E-state index in [-0.39, 0.29) is 11.9 Å². The molecule has 23 heavy (non-hydrogen) atoms. The maximum absolute atomic E-state index is 12.2. The van der Waals surface area contributed by atoms with Crippen LogP contribution in [-0.2, 0) is 6.42 Å². The van der Waals surface area contributed by atoms with Crippen LogP contribution in [0.4, 0.5) is 0 Å². The number of hydrogen-bond donors (Lipinski definition) is 2. The van der Waals surface area contributed by atoms with Crippen molar-refractivity contribution in [1.29, 1.82) is 0 Å². The summed E-state index contributed by atoms with van der Waals surface area (Å²) in [6.45, 7) is 2.65. The van der Waals surface area contributed by atoms with Crippen molar-refractivity contribution < 1.29 is 4.79 Å². The van der Waals surface area contributed by atoms with Crippen molar-refractivity contribution >= 4 is 5.91 Å². The molecule has 0 aromatic heterocycles. The number of carbonyl (C=O) groups excluding carboxylic acids is 1. The first-order valence-electron chi connectivity index (χ1n) is 8.36. The molecule has 2 aromatic carbocycles. The lowest BCUT2D eigenvalue weighted by Gasteiger charge is -2.12. The highest BCUT2D eigenvalue weighted by molar-refractivity contribution is 5.94. The molecule has 0 saturated heterocycles. The molecule has 3 nitrogen and oxygen atoms in total. The van der Waals surface area contributed by atoms with Crippen LogP contribution in [-0.4, -0.2) is 12.5 Å². The number of fused-ring (bicyclic) bond motifs is 1. The Morgan fingerprint density at radius 3 is 2.70 bits per heavy atom. The Bertz CT molecular complexity index is 676. The summed E-state index contributed by atoms with van der Waals surface area (Å²) in [6.07, 6.45) is 3.35. The third-order valence-electron chi connectivity index (χ3n) is 4.73. The van der Waals surface area contributed by atoms with Crippen LogP contribution in [0, 0.1) is 0 Å². The maximum Gasteiger partial charge on any atom is 0.251 e. The number of nitrogens with one attached hydrogen (secondary N) is 1. The summed E-state index contributed by atoms with van der Waals surface area (Å²) in [6, 6.07) is 16.2. The average Bonchev–Trinajstić information content (AvgIpc) is 2.98. The van der Waals surface area contributed by atoms with Crippen LogP contribution in [0.2, 0.25) is 0 Å². The highest BCUT2D eigenvalue weighted by atomic mass is 16.1. The molecule has 0 bridgehead atoms. The molecular formula is C20H24N2O. The minimum atomic E-state index is -0.00694. The van der Waals surface area contributed by atoms with Gasteiger partial charge in [-0.25, -0.2) is 0 Å². The van der Waals surface area contributed by atoms with E-state index in [1.165, 1.54) is 17.5 Å². The third-order valence-corrected chi connectivity index (χ3v) is 4.73. The third kappa shape index (κ3) is 3.62. The van der Waals surface area contributed by atoms with E-state index >= 15 is 0 Å². The van der Waals surface area contributed by atoms with Crippen molar-refractivity contribution in [3.05, 3.63) is 70.8 Å². The Kier molecular flexibility index (Phi) is 4.77. The molecule has 1 aliphatic carbocycles. The minimum absolute atomic E-state index is 0.00505. The standard InChI is InChI=1S/C20H24N2O/c1-14(21)15-6-10-18(11-7-15)20(23)22-13-12-17-9-8-16-4-2-3-5-19(16)17/h2-7,10-11,14,17H,8-9,12-13,21H2,1H3,(H,22,23)/t14-,17?/m1/s1. The van der Waals surface area contributed by atoms with Gasteiger partial charge in [-0.1, -0.05) is 36.4 Å². The van der Waals surface area contributed by atoms with E-state index in [2.05, 4.69) is 29.6 Å². The average molecular weight is 308 g/mol. The molecule has 3 N–H and O–H groups in total. The van der Waals surface area contributed by atoms with Crippen LogP contribution in [0.25, 0.3) is 0 Å². The summed E-state index contributed by atoms with van der Waals surface area (Å²) in [5, 5.41) is 3.04. The number of carbonyl (C=O) groups is 1. The lowest BCUT2D eigenvalue weighted by atomic mass is 9.98. The summed E-state index contributed by atoms with van der Waals surface area (Å²) in [5.41, 5.74) is 10.5. The van der Waals surface area contributed by atoms with Gasteiger partial charge < -0.3 is 11.1 Å². The van der Waals surface area contributed by atoms with Crippen molar-refractivity contribution in [3.8, 4) is 0 Å². The van der Waals surface area contributed by atoms with Gasteiger partial charge in [0.1, 0.15) is 0 Å². The molecule has 3 heteroatoms. The van der Waals surface area contributed by atoms with E-state index in [1.807, 2.05) is 31.2 Å². The fourth-order valence-electron chi connectivity index (χ4n) is 3.35. The van der Waals surface area contributed by atoms with E-state index in [9.17, 15) is 4.79 Å². The number of aryl methyl sites for hydroxylation is 1. The second kappa shape index (κ2) is 6.97. The van der Waals surface area contributed by atoms with E-state index in [1.54, 1.807) is 0 Å². The molecule has 0 fully saturated rings. The summed E-state index contributed by atoms with van der Waals surface area (Å²) in [7, 11) is 0. The molecule has 0 aliphatic heterocycles. The molecule has 1 amide bonds. The smallest absolute Gasteiger partial charge is 0.251 e. The van der Waals surface area contributed by atoms with Gasteiger partial charge in [-0.2, -0.15) is 0 Å². The van der Waals surface area contributed by atoms with Gasteiger partial charge in [-0.15, -0.1) is 0 Å². The number of rotatable bonds is 5. The zero-order valence-electron chi connectivity index (χ0n) is 13.6. The lowest BCUT2D eigenvalue weighted by molar-refractivity contribution is 0.0952. The van der Waals surface area contributed by atoms with Gasteiger partial charge in [0.2, 0.25) is 0 Å². The number of benzene rings is 2. The molecular weight excluding hydrogens is 284 g/mol. The van der Waals surface area contributed by atoms with Crippen LogP contribution >= 0.6 is 0 Å². The van der Waals surface area contributed by atoms with E-state index in [0.717, 1.165) is 18.4 Å². The Morgan fingerprint density at radius 2 is 1.96 bits per heavy atom. The Balaban J connectivity index is 1.52. The summed E-state index contributed by atoms with van der Waals surface area (Å²) >= 11 is 0. The van der Waals surface area contributed by atoms with Crippen LogP contribution in [0.3, 0.4) is 0 Å². The van der Waals surface area contributed by atoms with Gasteiger partial charge in [0.15, 0.2) is 0 Å². The van der Waals surface area contributed by atoms with E-state index in [4.69, 9.17) is 5.73 Å². The monoisotopic (exact) mass is 308 g/mol. The van der Waals surface area contributed by atoms with Crippen LogP contribution in [0.1, 0.15) is 58.8 Å². The predicted octanol–water partition coefficient (Wildman–Crippen LogP) is 3.56. The Morgan fingerprint density at radius 1 is 1.22 bits per heavy atom. The first-order valence-corrected chi connectivity index (χ1v) is 8.36.